The highest BCUT2D eigenvalue weighted by Crippen LogP contribution is 2.29. The van der Waals surface area contributed by atoms with Gasteiger partial charge < -0.3 is 9.30 Å². The molecule has 0 spiro atoms. The smallest absolute Gasteiger partial charge is 0.325 e. The van der Waals surface area contributed by atoms with Crippen molar-refractivity contribution in [1.82, 2.24) is 9.29 Å². The van der Waals surface area contributed by atoms with Crippen LogP contribution in [0.2, 0.25) is 0 Å². The lowest BCUT2D eigenvalue weighted by molar-refractivity contribution is -0.384. The first-order valence-corrected chi connectivity index (χ1v) is 10.1. The molecule has 0 bridgehead atoms. The summed E-state index contributed by atoms with van der Waals surface area (Å²) in [5.41, 5.74) is 1.94. The molecule has 2 aromatic carbocycles. The summed E-state index contributed by atoms with van der Waals surface area (Å²) in [6.45, 7) is 1.76. The standard InChI is InChI=1S/C19H19N3O6S/c1-13-3-5-14(6-4-13)10-20-29(26,27)18-11-21(12-19(23)28-2)17-8-7-15(22(24)25)9-16(17)18/h3-9,11,20H,10,12H2,1-2H3. The molecule has 1 heterocycles. The number of carbonyl (C=O) groups is 1. The van der Waals surface area contributed by atoms with Gasteiger partial charge in [0.15, 0.2) is 0 Å². The first-order chi connectivity index (χ1) is 13.7. The molecule has 0 aliphatic rings. The maximum Gasteiger partial charge on any atom is 0.325 e. The summed E-state index contributed by atoms with van der Waals surface area (Å²) in [6, 6.07) is 11.2. The monoisotopic (exact) mass is 417 g/mol. The first-order valence-electron chi connectivity index (χ1n) is 8.60. The number of non-ortho nitro benzene ring substituents is 1. The summed E-state index contributed by atoms with van der Waals surface area (Å²) in [5.74, 6) is -0.572. The Morgan fingerprint density at radius 1 is 1.21 bits per heavy atom. The number of fused-ring (bicyclic) bond motifs is 1. The summed E-state index contributed by atoms with van der Waals surface area (Å²) >= 11 is 0. The molecule has 0 aliphatic heterocycles. The third-order valence-electron chi connectivity index (χ3n) is 4.44. The lowest BCUT2D eigenvalue weighted by Gasteiger charge is -2.06. The quantitative estimate of drug-likeness (QED) is 0.358. The van der Waals surface area contributed by atoms with E-state index in [-0.39, 0.29) is 29.1 Å². The molecule has 29 heavy (non-hydrogen) atoms. The average molecular weight is 417 g/mol. The minimum atomic E-state index is -4.00. The fourth-order valence-electron chi connectivity index (χ4n) is 2.88. The first kappa shape index (κ1) is 20.5. The highest BCUT2D eigenvalue weighted by Gasteiger charge is 2.23. The third-order valence-corrected chi connectivity index (χ3v) is 5.87. The van der Waals surface area contributed by atoms with Crippen LogP contribution in [0.1, 0.15) is 11.1 Å². The number of carbonyl (C=O) groups excluding carboxylic acids is 1. The van der Waals surface area contributed by atoms with Gasteiger partial charge in [0.2, 0.25) is 10.0 Å². The largest absolute Gasteiger partial charge is 0.468 e. The van der Waals surface area contributed by atoms with E-state index in [1.807, 2.05) is 31.2 Å². The Labute approximate surface area is 167 Å². The summed E-state index contributed by atoms with van der Waals surface area (Å²) in [5, 5.41) is 11.3. The Balaban J connectivity index is 2.02. The van der Waals surface area contributed by atoms with Crippen LogP contribution in [0.5, 0.6) is 0 Å². The Kier molecular flexibility index (Phi) is 5.66. The molecule has 0 fully saturated rings. The van der Waals surface area contributed by atoms with Gasteiger partial charge in [0, 0.05) is 30.3 Å². The highest BCUT2D eigenvalue weighted by molar-refractivity contribution is 7.89. The van der Waals surface area contributed by atoms with E-state index >= 15 is 0 Å². The molecule has 0 saturated heterocycles. The van der Waals surface area contributed by atoms with Crippen LogP contribution in [0.15, 0.2) is 53.6 Å². The molecule has 0 aliphatic carbocycles. The summed E-state index contributed by atoms with van der Waals surface area (Å²) < 4.78 is 34.4. The van der Waals surface area contributed by atoms with E-state index in [1.165, 1.54) is 36.1 Å². The zero-order chi connectivity index (χ0) is 21.2. The number of nitro groups is 1. The summed E-state index contributed by atoms with van der Waals surface area (Å²) in [7, 11) is -2.78. The molecule has 3 rings (SSSR count). The number of nitro benzene ring substituents is 1. The number of methoxy groups -OCH3 is 1. The van der Waals surface area contributed by atoms with Crippen LogP contribution in [-0.2, 0) is 32.6 Å². The van der Waals surface area contributed by atoms with Crippen molar-refractivity contribution < 1.29 is 22.9 Å². The second-order valence-electron chi connectivity index (χ2n) is 6.47. The Hall–Kier alpha value is -3.24. The van der Waals surface area contributed by atoms with Crippen molar-refractivity contribution in [1.29, 1.82) is 0 Å². The fraction of sp³-hybridized carbons (Fsp3) is 0.211. The van der Waals surface area contributed by atoms with Gasteiger partial charge in [-0.2, -0.15) is 0 Å². The van der Waals surface area contributed by atoms with E-state index < -0.39 is 20.9 Å². The average Bonchev–Trinajstić information content (AvgIpc) is 3.06. The number of nitrogens with one attached hydrogen (secondary N) is 1. The van der Waals surface area contributed by atoms with Crippen LogP contribution in [0.4, 0.5) is 5.69 Å². The lowest BCUT2D eigenvalue weighted by Crippen LogP contribution is -2.23. The highest BCUT2D eigenvalue weighted by atomic mass is 32.2. The number of aromatic nitrogens is 1. The van der Waals surface area contributed by atoms with E-state index in [0.29, 0.717) is 5.52 Å². The molecule has 9 nitrogen and oxygen atoms in total. The number of ether oxygens (including phenoxy) is 1. The van der Waals surface area contributed by atoms with Gasteiger partial charge in [-0.25, -0.2) is 13.1 Å². The van der Waals surface area contributed by atoms with Crippen LogP contribution in [0.25, 0.3) is 10.9 Å². The van der Waals surface area contributed by atoms with E-state index in [4.69, 9.17) is 0 Å². The topological polar surface area (TPSA) is 121 Å². The maximum absolute atomic E-state index is 12.9. The van der Waals surface area contributed by atoms with Gasteiger partial charge in [-0.05, 0) is 18.6 Å². The fourth-order valence-corrected chi connectivity index (χ4v) is 4.11. The van der Waals surface area contributed by atoms with Gasteiger partial charge in [0.1, 0.15) is 11.4 Å². The molecule has 0 radical (unpaired) electrons. The molecule has 0 atom stereocenters. The van der Waals surface area contributed by atoms with E-state index in [9.17, 15) is 23.3 Å². The van der Waals surface area contributed by atoms with Gasteiger partial charge >= 0.3 is 5.97 Å². The molecule has 1 aromatic heterocycles. The number of hydrogen-bond donors (Lipinski definition) is 1. The SMILES string of the molecule is COC(=O)Cn1cc(S(=O)(=O)NCc2ccc(C)cc2)c2cc([N+](=O)[O-])ccc21. The molecular weight excluding hydrogens is 398 g/mol. The molecule has 0 saturated carbocycles. The number of esters is 1. The van der Waals surface area contributed by atoms with E-state index in [1.54, 1.807) is 0 Å². The van der Waals surface area contributed by atoms with Crippen LogP contribution in [0.3, 0.4) is 0 Å². The molecule has 0 amide bonds. The van der Waals surface area contributed by atoms with Crippen molar-refractivity contribution in [2.24, 2.45) is 0 Å². The number of sulfonamides is 1. The lowest BCUT2D eigenvalue weighted by atomic mass is 10.2. The van der Waals surface area contributed by atoms with Crippen molar-refractivity contribution in [3.8, 4) is 0 Å². The van der Waals surface area contributed by atoms with Crippen LogP contribution >= 0.6 is 0 Å². The summed E-state index contributed by atoms with van der Waals surface area (Å²) in [4.78, 5) is 22.1. The normalized spacial score (nSPS) is 11.5. The van der Waals surface area contributed by atoms with Gasteiger partial charge in [-0.1, -0.05) is 29.8 Å². The van der Waals surface area contributed by atoms with Gasteiger partial charge in [-0.15, -0.1) is 0 Å². The predicted molar refractivity (Wildman–Crippen MR) is 106 cm³/mol. The Bertz CT molecular complexity index is 1180. The zero-order valence-electron chi connectivity index (χ0n) is 15.8. The molecule has 10 heteroatoms. The van der Waals surface area contributed by atoms with Crippen molar-refractivity contribution in [2.45, 2.75) is 24.9 Å². The van der Waals surface area contributed by atoms with Crippen LogP contribution in [0, 0.1) is 17.0 Å². The van der Waals surface area contributed by atoms with Crippen LogP contribution in [-0.4, -0.2) is 31.0 Å². The van der Waals surface area contributed by atoms with Crippen molar-refractivity contribution in [3.63, 3.8) is 0 Å². The van der Waals surface area contributed by atoms with Gasteiger partial charge in [-0.3, -0.25) is 14.9 Å². The number of aryl methyl sites for hydroxylation is 1. The molecular formula is C19H19N3O6S. The minimum absolute atomic E-state index is 0.0568. The predicted octanol–water partition coefficient (Wildman–Crippen LogP) is 2.51. The number of nitrogens with zero attached hydrogens (tertiary/aromatic N) is 2. The molecule has 152 valence electrons. The van der Waals surface area contributed by atoms with Gasteiger partial charge in [0.25, 0.3) is 5.69 Å². The van der Waals surface area contributed by atoms with Crippen LogP contribution < -0.4 is 4.72 Å². The van der Waals surface area contributed by atoms with Crippen molar-refractivity contribution in [3.05, 3.63) is 69.9 Å². The Morgan fingerprint density at radius 2 is 1.90 bits per heavy atom. The van der Waals surface area contributed by atoms with Crippen molar-refractivity contribution >= 4 is 32.6 Å². The van der Waals surface area contributed by atoms with Gasteiger partial charge in [0.05, 0.1) is 17.5 Å². The van der Waals surface area contributed by atoms with E-state index in [2.05, 4.69) is 9.46 Å². The molecule has 0 unspecified atom stereocenters. The van der Waals surface area contributed by atoms with E-state index in [0.717, 1.165) is 11.1 Å². The molecule has 3 aromatic rings. The second-order valence-corrected chi connectivity index (χ2v) is 8.20. The summed E-state index contributed by atoms with van der Waals surface area (Å²) in [6.07, 6.45) is 1.28. The number of hydrogen-bond acceptors (Lipinski definition) is 6. The minimum Gasteiger partial charge on any atom is -0.468 e. The second kappa shape index (κ2) is 8.02. The molecule has 1 N–H and O–H groups in total. The third kappa shape index (κ3) is 4.44. The Morgan fingerprint density at radius 3 is 2.52 bits per heavy atom. The number of rotatable bonds is 7. The maximum atomic E-state index is 12.9. The van der Waals surface area contributed by atoms with Crippen molar-refractivity contribution in [2.75, 3.05) is 7.11 Å². The number of benzene rings is 2. The zero-order valence-corrected chi connectivity index (χ0v) is 16.6.